The first-order valence-electron chi connectivity index (χ1n) is 6.64. The summed E-state index contributed by atoms with van der Waals surface area (Å²) in [7, 11) is 1.76. The zero-order valence-electron chi connectivity index (χ0n) is 11.0. The predicted molar refractivity (Wildman–Crippen MR) is 67.9 cm³/mol. The average Bonchev–Trinajstić information content (AvgIpc) is 2.27. The van der Waals surface area contributed by atoms with Crippen molar-refractivity contribution in [2.24, 2.45) is 23.6 Å². The van der Waals surface area contributed by atoms with Crippen LogP contribution in [0, 0.1) is 17.8 Å². The highest BCUT2D eigenvalue weighted by Gasteiger charge is 2.29. The van der Waals surface area contributed by atoms with Crippen LogP contribution in [0.3, 0.4) is 0 Å². The Morgan fingerprint density at radius 3 is 2.75 bits per heavy atom. The molecule has 3 nitrogen and oxygen atoms in total. The van der Waals surface area contributed by atoms with E-state index in [2.05, 4.69) is 19.3 Å². The minimum atomic E-state index is 0.456. The van der Waals surface area contributed by atoms with Crippen LogP contribution in [0.2, 0.25) is 0 Å². The molecule has 0 saturated heterocycles. The molecule has 3 heteroatoms. The Labute approximate surface area is 100 Å². The molecule has 96 valence electrons. The molecular formula is C13H28N2O. The van der Waals surface area contributed by atoms with Crippen molar-refractivity contribution in [3.8, 4) is 0 Å². The highest BCUT2D eigenvalue weighted by Crippen LogP contribution is 2.33. The highest BCUT2D eigenvalue weighted by molar-refractivity contribution is 4.83. The lowest BCUT2D eigenvalue weighted by Gasteiger charge is -2.36. The summed E-state index contributed by atoms with van der Waals surface area (Å²) in [4.78, 5) is 0. The van der Waals surface area contributed by atoms with Gasteiger partial charge in [-0.05, 0) is 37.0 Å². The number of hydrazine groups is 1. The van der Waals surface area contributed by atoms with Gasteiger partial charge in [-0.3, -0.25) is 11.3 Å². The fourth-order valence-corrected chi connectivity index (χ4v) is 3.06. The van der Waals surface area contributed by atoms with E-state index in [4.69, 9.17) is 10.6 Å². The lowest BCUT2D eigenvalue weighted by Crippen LogP contribution is -2.46. The monoisotopic (exact) mass is 228 g/mol. The Kier molecular flexibility index (Phi) is 6.32. The third-order valence-corrected chi connectivity index (χ3v) is 4.07. The van der Waals surface area contributed by atoms with Crippen molar-refractivity contribution in [3.05, 3.63) is 0 Å². The quantitative estimate of drug-likeness (QED) is 0.542. The van der Waals surface area contributed by atoms with Crippen LogP contribution in [-0.2, 0) is 4.74 Å². The number of rotatable bonds is 6. The molecule has 0 aromatic carbocycles. The van der Waals surface area contributed by atoms with E-state index >= 15 is 0 Å². The fourth-order valence-electron chi connectivity index (χ4n) is 3.06. The van der Waals surface area contributed by atoms with Gasteiger partial charge in [-0.25, -0.2) is 0 Å². The van der Waals surface area contributed by atoms with Crippen molar-refractivity contribution in [1.29, 1.82) is 0 Å². The van der Waals surface area contributed by atoms with Crippen molar-refractivity contribution in [1.82, 2.24) is 5.43 Å². The third kappa shape index (κ3) is 4.04. The van der Waals surface area contributed by atoms with Gasteiger partial charge in [0.2, 0.25) is 0 Å². The van der Waals surface area contributed by atoms with Crippen molar-refractivity contribution >= 4 is 0 Å². The SMILES string of the molecule is COCCC(C)C(NN)C1CCCC(C)C1. The second-order valence-corrected chi connectivity index (χ2v) is 5.48. The lowest BCUT2D eigenvalue weighted by atomic mass is 9.75. The van der Waals surface area contributed by atoms with E-state index in [0.29, 0.717) is 12.0 Å². The van der Waals surface area contributed by atoms with Crippen LogP contribution >= 0.6 is 0 Å². The van der Waals surface area contributed by atoms with Gasteiger partial charge in [-0.1, -0.05) is 26.7 Å². The van der Waals surface area contributed by atoms with Crippen LogP contribution in [0.25, 0.3) is 0 Å². The Morgan fingerprint density at radius 1 is 1.44 bits per heavy atom. The van der Waals surface area contributed by atoms with Crippen LogP contribution in [0.5, 0.6) is 0 Å². The van der Waals surface area contributed by atoms with Gasteiger partial charge in [-0.15, -0.1) is 0 Å². The lowest BCUT2D eigenvalue weighted by molar-refractivity contribution is 0.138. The molecule has 0 aromatic rings. The van der Waals surface area contributed by atoms with Crippen molar-refractivity contribution < 1.29 is 4.74 Å². The number of nitrogens with two attached hydrogens (primary N) is 1. The molecule has 1 saturated carbocycles. The van der Waals surface area contributed by atoms with E-state index in [9.17, 15) is 0 Å². The summed E-state index contributed by atoms with van der Waals surface area (Å²) in [5, 5.41) is 0. The van der Waals surface area contributed by atoms with E-state index in [1.54, 1.807) is 7.11 Å². The van der Waals surface area contributed by atoms with Crippen LogP contribution in [0.15, 0.2) is 0 Å². The average molecular weight is 228 g/mol. The van der Waals surface area contributed by atoms with Crippen molar-refractivity contribution in [3.63, 3.8) is 0 Å². The summed E-state index contributed by atoms with van der Waals surface area (Å²) in [6.07, 6.45) is 6.50. The second kappa shape index (κ2) is 7.25. The number of ether oxygens (including phenoxy) is 1. The summed E-state index contributed by atoms with van der Waals surface area (Å²) in [6.45, 7) is 5.48. The van der Waals surface area contributed by atoms with E-state index in [1.165, 1.54) is 25.7 Å². The van der Waals surface area contributed by atoms with Gasteiger partial charge >= 0.3 is 0 Å². The van der Waals surface area contributed by atoms with Gasteiger partial charge in [0.15, 0.2) is 0 Å². The molecule has 4 atom stereocenters. The van der Waals surface area contributed by atoms with Crippen molar-refractivity contribution in [2.75, 3.05) is 13.7 Å². The summed E-state index contributed by atoms with van der Waals surface area (Å²) < 4.78 is 5.15. The van der Waals surface area contributed by atoms with E-state index in [-0.39, 0.29) is 0 Å². The summed E-state index contributed by atoms with van der Waals surface area (Å²) in [6, 6.07) is 0.456. The number of hydrogen-bond donors (Lipinski definition) is 2. The van der Waals surface area contributed by atoms with Gasteiger partial charge in [0.05, 0.1) is 0 Å². The fraction of sp³-hybridized carbons (Fsp3) is 1.00. The maximum absolute atomic E-state index is 5.73. The van der Waals surface area contributed by atoms with Crippen LogP contribution < -0.4 is 11.3 Å². The van der Waals surface area contributed by atoms with E-state index < -0.39 is 0 Å². The van der Waals surface area contributed by atoms with Gasteiger partial charge in [0.25, 0.3) is 0 Å². The zero-order valence-corrected chi connectivity index (χ0v) is 11.0. The Bertz CT molecular complexity index is 187. The second-order valence-electron chi connectivity index (χ2n) is 5.48. The molecule has 4 unspecified atom stereocenters. The van der Waals surface area contributed by atoms with Gasteiger partial charge < -0.3 is 4.74 Å². The molecule has 0 spiro atoms. The number of nitrogens with one attached hydrogen (secondary N) is 1. The van der Waals surface area contributed by atoms with Crippen LogP contribution in [0.4, 0.5) is 0 Å². The summed E-state index contributed by atoms with van der Waals surface area (Å²) >= 11 is 0. The third-order valence-electron chi connectivity index (χ3n) is 4.07. The molecule has 0 bridgehead atoms. The first kappa shape index (κ1) is 13.9. The number of methoxy groups -OCH3 is 1. The topological polar surface area (TPSA) is 47.3 Å². The van der Waals surface area contributed by atoms with Crippen molar-refractivity contribution in [2.45, 2.75) is 52.0 Å². The molecule has 3 N–H and O–H groups in total. The van der Waals surface area contributed by atoms with Gasteiger partial charge in [0.1, 0.15) is 0 Å². The molecule has 1 aliphatic rings. The Morgan fingerprint density at radius 2 is 2.19 bits per heavy atom. The molecule has 0 aromatic heterocycles. The standard InChI is InChI=1S/C13H28N2O/c1-10-5-4-6-12(9-10)13(15-14)11(2)7-8-16-3/h10-13,15H,4-9,14H2,1-3H3. The highest BCUT2D eigenvalue weighted by atomic mass is 16.5. The molecule has 1 aliphatic carbocycles. The van der Waals surface area contributed by atoms with E-state index in [1.807, 2.05) is 0 Å². The molecular weight excluding hydrogens is 200 g/mol. The maximum atomic E-state index is 5.73. The normalized spacial score (nSPS) is 30.0. The molecule has 1 rings (SSSR count). The Balaban J connectivity index is 2.44. The minimum Gasteiger partial charge on any atom is -0.385 e. The van der Waals surface area contributed by atoms with Gasteiger partial charge in [-0.2, -0.15) is 0 Å². The first-order valence-corrected chi connectivity index (χ1v) is 6.64. The molecule has 16 heavy (non-hydrogen) atoms. The van der Waals surface area contributed by atoms with E-state index in [0.717, 1.165) is 24.9 Å². The van der Waals surface area contributed by atoms with Gasteiger partial charge in [0, 0.05) is 19.8 Å². The first-order chi connectivity index (χ1) is 7.69. The Hall–Kier alpha value is -0.120. The molecule has 1 fully saturated rings. The number of hydrogen-bond acceptors (Lipinski definition) is 3. The largest absolute Gasteiger partial charge is 0.385 e. The predicted octanol–water partition coefficient (Wildman–Crippen LogP) is 2.32. The molecule has 0 amide bonds. The summed E-state index contributed by atoms with van der Waals surface area (Å²) in [5.41, 5.74) is 3.05. The maximum Gasteiger partial charge on any atom is 0.0465 e. The zero-order chi connectivity index (χ0) is 12.0. The molecule has 0 radical (unpaired) electrons. The smallest absolute Gasteiger partial charge is 0.0465 e. The molecule has 0 aliphatic heterocycles. The van der Waals surface area contributed by atoms with Crippen LogP contribution in [0.1, 0.15) is 46.0 Å². The molecule has 0 heterocycles. The van der Waals surface area contributed by atoms with Crippen LogP contribution in [-0.4, -0.2) is 19.8 Å². The minimum absolute atomic E-state index is 0.456. The summed E-state index contributed by atoms with van der Waals surface area (Å²) in [5.74, 6) is 7.94.